The summed E-state index contributed by atoms with van der Waals surface area (Å²) < 4.78 is 5.34. The van der Waals surface area contributed by atoms with Crippen molar-refractivity contribution in [2.24, 2.45) is 0 Å². The number of carbonyl (C=O) groups is 2. The van der Waals surface area contributed by atoms with Gasteiger partial charge in [-0.25, -0.2) is 0 Å². The summed E-state index contributed by atoms with van der Waals surface area (Å²) in [6.07, 6.45) is 4.21. The maximum absolute atomic E-state index is 13.2. The van der Waals surface area contributed by atoms with E-state index in [9.17, 15) is 9.59 Å². The van der Waals surface area contributed by atoms with Crippen molar-refractivity contribution in [3.63, 3.8) is 0 Å². The number of benzene rings is 2. The minimum absolute atomic E-state index is 0.0869. The lowest BCUT2D eigenvalue weighted by atomic mass is 10.0. The average Bonchev–Trinajstić information content (AvgIpc) is 3.63. The van der Waals surface area contributed by atoms with E-state index in [4.69, 9.17) is 4.74 Å². The third-order valence-corrected chi connectivity index (χ3v) is 5.94. The summed E-state index contributed by atoms with van der Waals surface area (Å²) >= 11 is 0. The van der Waals surface area contributed by atoms with Crippen LogP contribution in [0.2, 0.25) is 0 Å². The second-order valence-corrected chi connectivity index (χ2v) is 8.06. The highest BCUT2D eigenvalue weighted by atomic mass is 16.5. The summed E-state index contributed by atoms with van der Waals surface area (Å²) in [6, 6.07) is 14.1. The summed E-state index contributed by atoms with van der Waals surface area (Å²) in [7, 11) is 3.30. The van der Waals surface area contributed by atoms with Crippen molar-refractivity contribution in [2.45, 2.75) is 38.3 Å². The molecule has 0 bridgehead atoms. The van der Waals surface area contributed by atoms with Crippen LogP contribution in [0.5, 0.6) is 5.75 Å². The molecule has 2 aliphatic rings. The number of ether oxygens (including phenoxy) is 1. The second kappa shape index (κ2) is 8.88. The van der Waals surface area contributed by atoms with Gasteiger partial charge >= 0.3 is 0 Å². The van der Waals surface area contributed by atoms with E-state index in [1.165, 1.54) is 5.56 Å². The van der Waals surface area contributed by atoms with Crippen LogP contribution in [0.1, 0.15) is 40.7 Å². The van der Waals surface area contributed by atoms with Crippen LogP contribution < -0.4 is 15.0 Å². The van der Waals surface area contributed by atoms with Crippen LogP contribution in [0.4, 0.5) is 5.69 Å². The van der Waals surface area contributed by atoms with Gasteiger partial charge in [0.2, 0.25) is 5.91 Å². The van der Waals surface area contributed by atoms with Crippen LogP contribution in [0.3, 0.4) is 0 Å². The van der Waals surface area contributed by atoms with E-state index in [2.05, 4.69) is 10.2 Å². The maximum atomic E-state index is 13.2. The largest absolute Gasteiger partial charge is 0.497 e. The van der Waals surface area contributed by atoms with Crippen molar-refractivity contribution in [3.05, 3.63) is 59.2 Å². The van der Waals surface area contributed by atoms with E-state index in [-0.39, 0.29) is 11.8 Å². The number of fused-ring (bicyclic) bond motifs is 1. The predicted molar refractivity (Wildman–Crippen MR) is 117 cm³/mol. The molecule has 1 saturated carbocycles. The van der Waals surface area contributed by atoms with Gasteiger partial charge in [0, 0.05) is 37.4 Å². The number of hydrogen-bond donors (Lipinski definition) is 1. The molecule has 1 fully saturated rings. The number of anilines is 1. The Morgan fingerprint density at radius 1 is 1.17 bits per heavy atom. The van der Waals surface area contributed by atoms with Crippen molar-refractivity contribution in [1.29, 1.82) is 0 Å². The molecule has 30 heavy (non-hydrogen) atoms. The molecule has 1 aliphatic carbocycles. The van der Waals surface area contributed by atoms with E-state index in [0.717, 1.165) is 49.2 Å². The molecule has 1 N–H and O–H groups in total. The average molecular weight is 408 g/mol. The molecule has 1 aliphatic heterocycles. The molecule has 0 radical (unpaired) electrons. The second-order valence-electron chi connectivity index (χ2n) is 8.06. The molecule has 1 heterocycles. The molecule has 0 atom stereocenters. The number of hydrogen-bond acceptors (Lipinski definition) is 4. The van der Waals surface area contributed by atoms with Crippen LogP contribution in [0.25, 0.3) is 0 Å². The Kier molecular flexibility index (Phi) is 6.04. The lowest BCUT2D eigenvalue weighted by molar-refractivity contribution is -0.120. The van der Waals surface area contributed by atoms with E-state index in [0.29, 0.717) is 24.7 Å². The molecular formula is C24H29N3O3. The van der Waals surface area contributed by atoms with Crippen LogP contribution >= 0.6 is 0 Å². The molecule has 0 aromatic heterocycles. The molecule has 2 aromatic rings. The van der Waals surface area contributed by atoms with Crippen molar-refractivity contribution < 1.29 is 14.3 Å². The fourth-order valence-corrected chi connectivity index (χ4v) is 4.11. The first-order valence-electron chi connectivity index (χ1n) is 10.6. The van der Waals surface area contributed by atoms with Gasteiger partial charge in [-0.15, -0.1) is 0 Å². The predicted octanol–water partition coefficient (Wildman–Crippen LogP) is 3.00. The molecule has 2 aromatic carbocycles. The highest BCUT2D eigenvalue weighted by molar-refractivity contribution is 5.96. The Hall–Kier alpha value is -2.86. The van der Waals surface area contributed by atoms with E-state index in [1.807, 2.05) is 47.4 Å². The molecule has 6 nitrogen and oxygen atoms in total. The lowest BCUT2D eigenvalue weighted by Crippen LogP contribution is -2.43. The summed E-state index contributed by atoms with van der Waals surface area (Å²) in [5.41, 5.74) is 3.95. The molecule has 0 spiro atoms. The molecule has 158 valence electrons. The van der Waals surface area contributed by atoms with Crippen LogP contribution in [-0.2, 0) is 17.8 Å². The van der Waals surface area contributed by atoms with Crippen LogP contribution in [0.15, 0.2) is 42.5 Å². The van der Waals surface area contributed by atoms with E-state index >= 15 is 0 Å². The Bertz CT molecular complexity index is 922. The molecule has 6 heteroatoms. The van der Waals surface area contributed by atoms with Gasteiger partial charge in [0.1, 0.15) is 5.75 Å². The number of rotatable bonds is 7. The molecular weight excluding hydrogens is 378 g/mol. The first kappa shape index (κ1) is 20.4. The zero-order valence-electron chi connectivity index (χ0n) is 17.7. The number of nitrogens with zero attached hydrogens (tertiary/aromatic N) is 2. The van der Waals surface area contributed by atoms with Gasteiger partial charge in [-0.2, -0.15) is 0 Å². The van der Waals surface area contributed by atoms with Gasteiger partial charge < -0.3 is 15.0 Å². The SMILES string of the molecule is CNC(=O)c1ccc(CN(CC(=O)N2CCCc3cc(OC)ccc32)C2CC2)cc1. The monoisotopic (exact) mass is 407 g/mol. The fourth-order valence-electron chi connectivity index (χ4n) is 4.11. The minimum Gasteiger partial charge on any atom is -0.497 e. The third kappa shape index (κ3) is 4.49. The Balaban J connectivity index is 1.45. The minimum atomic E-state index is -0.0869. The van der Waals surface area contributed by atoms with Gasteiger partial charge in [-0.1, -0.05) is 12.1 Å². The van der Waals surface area contributed by atoms with Crippen LogP contribution in [0, 0.1) is 0 Å². The molecule has 4 rings (SSSR count). The standard InChI is InChI=1S/C24H29N3O3/c1-25-24(29)18-7-5-17(6-8-18)15-26(20-9-10-20)16-23(28)27-13-3-4-19-14-21(30-2)11-12-22(19)27/h5-8,11-12,14,20H,3-4,9-10,13,15-16H2,1-2H3,(H,25,29). The third-order valence-electron chi connectivity index (χ3n) is 5.94. The summed E-state index contributed by atoms with van der Waals surface area (Å²) in [4.78, 5) is 29.2. The normalized spacial score (nSPS) is 15.6. The maximum Gasteiger partial charge on any atom is 0.251 e. The first-order valence-corrected chi connectivity index (χ1v) is 10.6. The van der Waals surface area contributed by atoms with E-state index in [1.54, 1.807) is 14.2 Å². The number of aryl methyl sites for hydroxylation is 1. The Morgan fingerprint density at radius 3 is 2.60 bits per heavy atom. The van der Waals surface area contributed by atoms with Gasteiger partial charge in [0.15, 0.2) is 0 Å². The summed E-state index contributed by atoms with van der Waals surface area (Å²) in [5, 5.41) is 2.64. The molecule has 0 saturated heterocycles. The number of nitrogens with one attached hydrogen (secondary N) is 1. The number of carbonyl (C=O) groups excluding carboxylic acids is 2. The molecule has 2 amide bonds. The number of amides is 2. The van der Waals surface area contributed by atoms with E-state index < -0.39 is 0 Å². The van der Waals surface area contributed by atoms with Gasteiger partial charge in [0.05, 0.1) is 13.7 Å². The zero-order chi connectivity index (χ0) is 21.1. The quantitative estimate of drug-likeness (QED) is 0.767. The first-order chi connectivity index (χ1) is 14.6. The summed E-state index contributed by atoms with van der Waals surface area (Å²) in [6.45, 7) is 1.89. The Morgan fingerprint density at radius 2 is 1.93 bits per heavy atom. The smallest absolute Gasteiger partial charge is 0.251 e. The number of methoxy groups -OCH3 is 1. The zero-order valence-corrected chi connectivity index (χ0v) is 17.7. The van der Waals surface area contributed by atoms with Crippen molar-refractivity contribution in [1.82, 2.24) is 10.2 Å². The van der Waals surface area contributed by atoms with Gasteiger partial charge in [0.25, 0.3) is 5.91 Å². The van der Waals surface area contributed by atoms with Crippen molar-refractivity contribution in [3.8, 4) is 5.75 Å². The van der Waals surface area contributed by atoms with Crippen LogP contribution in [-0.4, -0.2) is 50.0 Å². The Labute approximate surface area is 177 Å². The molecule has 0 unspecified atom stereocenters. The highest BCUT2D eigenvalue weighted by Crippen LogP contribution is 2.32. The van der Waals surface area contributed by atoms with Gasteiger partial charge in [-0.05, 0) is 67.1 Å². The lowest BCUT2D eigenvalue weighted by Gasteiger charge is -2.32. The highest BCUT2D eigenvalue weighted by Gasteiger charge is 2.32. The summed E-state index contributed by atoms with van der Waals surface area (Å²) in [5.74, 6) is 0.897. The topological polar surface area (TPSA) is 61.9 Å². The fraction of sp³-hybridized carbons (Fsp3) is 0.417. The van der Waals surface area contributed by atoms with Crippen molar-refractivity contribution >= 4 is 17.5 Å². The van der Waals surface area contributed by atoms with Gasteiger partial charge in [-0.3, -0.25) is 14.5 Å². The van der Waals surface area contributed by atoms with Crippen molar-refractivity contribution in [2.75, 3.05) is 32.1 Å².